The van der Waals surface area contributed by atoms with Crippen molar-refractivity contribution in [2.75, 3.05) is 24.8 Å². The van der Waals surface area contributed by atoms with Crippen LogP contribution in [-0.4, -0.2) is 38.8 Å². The molecule has 0 spiro atoms. The van der Waals surface area contributed by atoms with Crippen LogP contribution in [0.1, 0.15) is 5.56 Å². The third-order valence-corrected chi connectivity index (χ3v) is 5.85. The van der Waals surface area contributed by atoms with Gasteiger partial charge in [-0.1, -0.05) is 0 Å². The molecule has 7 nitrogen and oxygen atoms in total. The van der Waals surface area contributed by atoms with Crippen LogP contribution in [0, 0.1) is 16.4 Å². The van der Waals surface area contributed by atoms with Gasteiger partial charge in [-0.05, 0) is 35.9 Å². The Kier molecular flexibility index (Phi) is 6.58. The van der Waals surface area contributed by atoms with Crippen LogP contribution in [0.2, 0.25) is 0 Å². The predicted molar refractivity (Wildman–Crippen MR) is 110 cm³/mol. The summed E-state index contributed by atoms with van der Waals surface area (Å²) in [5.41, 5.74) is 1.13. The van der Waals surface area contributed by atoms with Crippen LogP contribution >= 0.6 is 0 Å². The fourth-order valence-electron chi connectivity index (χ4n) is 2.85. The van der Waals surface area contributed by atoms with Gasteiger partial charge in [-0.25, -0.2) is 23.0 Å². The molecule has 0 amide bonds. The predicted octanol–water partition coefficient (Wildman–Crippen LogP) is 3.71. The van der Waals surface area contributed by atoms with E-state index < -0.39 is 21.4 Å². The molecule has 1 unspecified atom stereocenters. The number of aliphatic hydroxyl groups is 1. The van der Waals surface area contributed by atoms with Crippen molar-refractivity contribution in [3.05, 3.63) is 66.0 Å². The number of halogens is 2. The monoisotopic (exact) mass is 434 g/mol. The molecule has 0 fully saturated rings. The molecule has 3 aromatic rings. The number of ether oxygens (including phenoxy) is 1. The summed E-state index contributed by atoms with van der Waals surface area (Å²) in [4.78, 5) is 8.16. The lowest BCUT2D eigenvalue weighted by Crippen LogP contribution is -2.11. The highest BCUT2D eigenvalue weighted by Gasteiger charge is 2.14. The van der Waals surface area contributed by atoms with E-state index in [2.05, 4.69) is 15.3 Å². The summed E-state index contributed by atoms with van der Waals surface area (Å²) in [6.45, 7) is -0.326. The molecule has 2 heterocycles. The number of aromatic nitrogens is 2. The van der Waals surface area contributed by atoms with Crippen molar-refractivity contribution >= 4 is 21.4 Å². The first-order valence-electron chi connectivity index (χ1n) is 8.88. The van der Waals surface area contributed by atoms with Crippen molar-refractivity contribution in [2.24, 2.45) is 0 Å². The van der Waals surface area contributed by atoms with Crippen LogP contribution in [0.25, 0.3) is 11.1 Å². The first-order chi connectivity index (χ1) is 14.3. The summed E-state index contributed by atoms with van der Waals surface area (Å²) >= 11 is 0. The molecule has 0 bridgehead atoms. The topological polar surface area (TPSA) is 108 Å². The number of pyridine rings is 2. The van der Waals surface area contributed by atoms with Crippen LogP contribution < -0.4 is 10.1 Å². The summed E-state index contributed by atoms with van der Waals surface area (Å²) < 4.78 is 52.9. The van der Waals surface area contributed by atoms with E-state index in [-0.39, 0.29) is 35.2 Å². The number of hydrogen-bond acceptors (Lipinski definition) is 7. The van der Waals surface area contributed by atoms with Gasteiger partial charge >= 0.3 is 0 Å². The minimum atomic E-state index is -2.95. The first-order valence-corrected chi connectivity index (χ1v) is 10.8. The number of benzene rings is 1. The van der Waals surface area contributed by atoms with Crippen molar-refractivity contribution in [2.45, 2.75) is 5.75 Å². The standard InChI is InChI=1S/C20H20F2N4O3S/c1-29-18-9-14(21)2-3-15(18)16-10-20(25-11-17(16)22)26-19-8-13(4-5-24-19)12-30(23,28)7-6-27/h2-5,8-11,23,27H,6-7,12H2,1H3,(H,24,25,26). The van der Waals surface area contributed by atoms with Crippen LogP contribution in [-0.2, 0) is 15.5 Å². The molecular formula is C20H20F2N4O3S. The SMILES string of the molecule is COc1cc(F)ccc1-c1cc(Nc2cc(CS(=N)(=O)CCO)ccn2)ncc1F. The lowest BCUT2D eigenvalue weighted by molar-refractivity contribution is 0.321. The smallest absolute Gasteiger partial charge is 0.149 e. The van der Waals surface area contributed by atoms with Crippen LogP contribution in [0.15, 0.2) is 48.8 Å². The molecule has 0 aliphatic heterocycles. The number of hydrogen-bond donors (Lipinski definition) is 3. The molecule has 1 atom stereocenters. The third kappa shape index (κ3) is 5.28. The second-order valence-electron chi connectivity index (χ2n) is 6.45. The number of nitrogens with zero attached hydrogens (tertiary/aromatic N) is 2. The average molecular weight is 434 g/mol. The van der Waals surface area contributed by atoms with E-state index in [1.807, 2.05) is 0 Å². The highest BCUT2D eigenvalue weighted by molar-refractivity contribution is 7.91. The largest absolute Gasteiger partial charge is 0.496 e. The van der Waals surface area contributed by atoms with E-state index >= 15 is 0 Å². The van der Waals surface area contributed by atoms with Crippen molar-refractivity contribution in [3.8, 4) is 16.9 Å². The first kappa shape index (κ1) is 21.6. The third-order valence-electron chi connectivity index (χ3n) is 4.21. The minimum absolute atomic E-state index is 0.0281. The maximum absolute atomic E-state index is 14.4. The number of aliphatic hydroxyl groups excluding tert-OH is 1. The Labute approximate surface area is 172 Å². The van der Waals surface area contributed by atoms with E-state index in [4.69, 9.17) is 14.6 Å². The Morgan fingerprint density at radius 3 is 2.63 bits per heavy atom. The zero-order valence-corrected chi connectivity index (χ0v) is 16.9. The molecule has 2 aromatic heterocycles. The second kappa shape index (κ2) is 9.14. The normalized spacial score (nSPS) is 12.9. The molecular weight excluding hydrogens is 414 g/mol. The van der Waals surface area contributed by atoms with E-state index in [9.17, 15) is 13.0 Å². The van der Waals surface area contributed by atoms with Gasteiger partial charge in [0.25, 0.3) is 0 Å². The van der Waals surface area contributed by atoms with Crippen LogP contribution in [0.5, 0.6) is 5.75 Å². The molecule has 0 saturated heterocycles. The van der Waals surface area contributed by atoms with Crippen molar-refractivity contribution in [1.82, 2.24) is 9.97 Å². The molecule has 3 rings (SSSR count). The minimum Gasteiger partial charge on any atom is -0.496 e. The molecule has 0 aliphatic rings. The Hall–Kier alpha value is -3.11. The lowest BCUT2D eigenvalue weighted by atomic mass is 10.0. The maximum atomic E-state index is 14.4. The highest BCUT2D eigenvalue weighted by Crippen LogP contribution is 2.33. The second-order valence-corrected chi connectivity index (χ2v) is 8.77. The fourth-order valence-corrected chi connectivity index (χ4v) is 4.01. The van der Waals surface area contributed by atoms with Gasteiger partial charge in [-0.2, -0.15) is 0 Å². The van der Waals surface area contributed by atoms with Gasteiger partial charge in [0.2, 0.25) is 0 Å². The van der Waals surface area contributed by atoms with Crippen molar-refractivity contribution in [1.29, 1.82) is 4.78 Å². The summed E-state index contributed by atoms with van der Waals surface area (Å²) in [5.74, 6) is -0.422. The Bertz CT molecular complexity index is 1160. The number of rotatable bonds is 8. The van der Waals surface area contributed by atoms with Gasteiger partial charge in [-0.15, -0.1) is 0 Å². The average Bonchev–Trinajstić information content (AvgIpc) is 2.69. The zero-order chi connectivity index (χ0) is 21.7. The van der Waals surface area contributed by atoms with Crippen LogP contribution in [0.3, 0.4) is 0 Å². The summed E-state index contributed by atoms with van der Waals surface area (Å²) in [7, 11) is -1.58. The van der Waals surface area contributed by atoms with Gasteiger partial charge < -0.3 is 15.2 Å². The van der Waals surface area contributed by atoms with Gasteiger partial charge in [0.05, 0.1) is 41.1 Å². The van der Waals surface area contributed by atoms with Gasteiger partial charge in [0, 0.05) is 23.4 Å². The molecule has 1 aromatic carbocycles. The molecule has 0 radical (unpaired) electrons. The van der Waals surface area contributed by atoms with E-state index in [0.717, 1.165) is 12.3 Å². The highest BCUT2D eigenvalue weighted by atomic mass is 32.2. The van der Waals surface area contributed by atoms with Crippen LogP contribution in [0.4, 0.5) is 20.4 Å². The van der Waals surface area contributed by atoms with Gasteiger partial charge in [0.1, 0.15) is 29.0 Å². The Morgan fingerprint density at radius 1 is 1.13 bits per heavy atom. The maximum Gasteiger partial charge on any atom is 0.149 e. The van der Waals surface area contributed by atoms with Gasteiger partial charge in [0.15, 0.2) is 0 Å². The molecule has 30 heavy (non-hydrogen) atoms. The summed E-state index contributed by atoms with van der Waals surface area (Å²) in [6.07, 6.45) is 2.52. The Balaban J connectivity index is 1.89. The van der Waals surface area contributed by atoms with E-state index in [0.29, 0.717) is 16.9 Å². The van der Waals surface area contributed by atoms with Gasteiger partial charge in [-0.3, -0.25) is 4.78 Å². The molecule has 158 valence electrons. The quantitative estimate of drug-likeness (QED) is 0.499. The van der Waals surface area contributed by atoms with Crippen molar-refractivity contribution in [3.63, 3.8) is 0 Å². The summed E-state index contributed by atoms with van der Waals surface area (Å²) in [5, 5.41) is 11.9. The number of anilines is 2. The summed E-state index contributed by atoms with van der Waals surface area (Å²) in [6, 6.07) is 8.47. The molecule has 3 N–H and O–H groups in total. The number of methoxy groups -OCH3 is 1. The fraction of sp³-hybridized carbons (Fsp3) is 0.200. The van der Waals surface area contributed by atoms with Crippen molar-refractivity contribution < 1.29 is 22.8 Å². The molecule has 0 aliphatic carbocycles. The number of nitrogens with one attached hydrogen (secondary N) is 2. The van der Waals surface area contributed by atoms with E-state index in [1.165, 1.54) is 31.5 Å². The zero-order valence-electron chi connectivity index (χ0n) is 16.1. The Morgan fingerprint density at radius 2 is 1.90 bits per heavy atom. The lowest BCUT2D eigenvalue weighted by Gasteiger charge is -2.12. The van der Waals surface area contributed by atoms with E-state index in [1.54, 1.807) is 12.1 Å². The molecule has 10 heteroatoms. The molecule has 0 saturated carbocycles.